The van der Waals surface area contributed by atoms with Crippen molar-refractivity contribution in [2.75, 3.05) is 24.7 Å². The molecule has 90 valence electrons. The molecule has 17 heavy (non-hydrogen) atoms. The van der Waals surface area contributed by atoms with E-state index >= 15 is 0 Å². The highest BCUT2D eigenvalue weighted by atomic mass is 16.5. The second kappa shape index (κ2) is 5.30. The van der Waals surface area contributed by atoms with Crippen LogP contribution in [-0.2, 0) is 6.42 Å². The maximum atomic E-state index is 5.76. The molecule has 0 atom stereocenters. The number of rotatable bonds is 5. The lowest BCUT2D eigenvalue weighted by Crippen LogP contribution is -2.04. The molecule has 0 bridgehead atoms. The minimum atomic E-state index is 0.685. The van der Waals surface area contributed by atoms with E-state index in [1.54, 1.807) is 19.4 Å². The Morgan fingerprint density at radius 2 is 2.24 bits per heavy atom. The molecule has 0 unspecified atom stereocenters. The van der Waals surface area contributed by atoms with Crippen LogP contribution in [0.3, 0.4) is 0 Å². The summed E-state index contributed by atoms with van der Waals surface area (Å²) in [7, 11) is 1.63. The molecule has 0 aliphatic rings. The SMILES string of the molecule is COc1cc(N)cc(NCCc2ccco2)c1. The predicted molar refractivity (Wildman–Crippen MR) is 68.3 cm³/mol. The number of hydrogen-bond acceptors (Lipinski definition) is 4. The number of ether oxygens (including phenoxy) is 1. The van der Waals surface area contributed by atoms with E-state index in [4.69, 9.17) is 14.9 Å². The highest BCUT2D eigenvalue weighted by Crippen LogP contribution is 2.22. The first-order valence-electron chi connectivity index (χ1n) is 5.49. The van der Waals surface area contributed by atoms with Crippen molar-refractivity contribution in [1.82, 2.24) is 0 Å². The number of nitrogen functional groups attached to an aromatic ring is 1. The van der Waals surface area contributed by atoms with Gasteiger partial charge in [-0.3, -0.25) is 0 Å². The summed E-state index contributed by atoms with van der Waals surface area (Å²) in [6.45, 7) is 0.792. The van der Waals surface area contributed by atoms with Crippen molar-refractivity contribution in [1.29, 1.82) is 0 Å². The predicted octanol–water partition coefficient (Wildman–Crippen LogP) is 2.53. The Bertz CT molecular complexity index is 466. The summed E-state index contributed by atoms with van der Waals surface area (Å²) in [5, 5.41) is 3.28. The van der Waals surface area contributed by atoms with Crippen LogP contribution in [0.25, 0.3) is 0 Å². The molecule has 1 aromatic carbocycles. The first kappa shape index (κ1) is 11.4. The molecule has 0 saturated heterocycles. The molecule has 3 N–H and O–H groups in total. The van der Waals surface area contributed by atoms with Crippen molar-refractivity contribution in [3.63, 3.8) is 0 Å². The van der Waals surface area contributed by atoms with Crippen LogP contribution >= 0.6 is 0 Å². The Morgan fingerprint density at radius 3 is 2.94 bits per heavy atom. The highest BCUT2D eigenvalue weighted by Gasteiger charge is 2.00. The van der Waals surface area contributed by atoms with Crippen LogP contribution in [0.1, 0.15) is 5.76 Å². The minimum absolute atomic E-state index is 0.685. The van der Waals surface area contributed by atoms with Crippen molar-refractivity contribution >= 4 is 11.4 Å². The van der Waals surface area contributed by atoms with Gasteiger partial charge in [-0.15, -0.1) is 0 Å². The quantitative estimate of drug-likeness (QED) is 0.778. The molecule has 0 saturated carbocycles. The summed E-state index contributed by atoms with van der Waals surface area (Å²) < 4.78 is 10.4. The lowest BCUT2D eigenvalue weighted by molar-refractivity contribution is 0.415. The van der Waals surface area contributed by atoms with Gasteiger partial charge in [0.05, 0.1) is 13.4 Å². The third kappa shape index (κ3) is 3.17. The fourth-order valence-corrected chi connectivity index (χ4v) is 1.63. The van der Waals surface area contributed by atoms with Crippen molar-refractivity contribution < 1.29 is 9.15 Å². The van der Waals surface area contributed by atoms with Crippen LogP contribution in [0.15, 0.2) is 41.0 Å². The maximum absolute atomic E-state index is 5.76. The average Bonchev–Trinajstić information content (AvgIpc) is 2.81. The summed E-state index contributed by atoms with van der Waals surface area (Å²) in [6, 6.07) is 9.43. The molecular formula is C13H16N2O2. The first-order valence-corrected chi connectivity index (χ1v) is 5.49. The summed E-state index contributed by atoms with van der Waals surface area (Å²) in [4.78, 5) is 0. The van der Waals surface area contributed by atoms with Crippen molar-refractivity contribution in [2.45, 2.75) is 6.42 Å². The van der Waals surface area contributed by atoms with Gasteiger partial charge in [0.1, 0.15) is 11.5 Å². The van der Waals surface area contributed by atoms with Gasteiger partial charge in [-0.2, -0.15) is 0 Å². The van der Waals surface area contributed by atoms with Gasteiger partial charge in [0.25, 0.3) is 0 Å². The Hall–Kier alpha value is -2.10. The highest BCUT2D eigenvalue weighted by molar-refractivity contribution is 5.59. The fraction of sp³-hybridized carbons (Fsp3) is 0.231. The summed E-state index contributed by atoms with van der Waals surface area (Å²) >= 11 is 0. The molecule has 0 aliphatic carbocycles. The molecular weight excluding hydrogens is 216 g/mol. The molecule has 1 heterocycles. The number of nitrogens with one attached hydrogen (secondary N) is 1. The summed E-state index contributed by atoms with van der Waals surface area (Å²) in [5.41, 5.74) is 7.40. The van der Waals surface area contributed by atoms with E-state index in [1.165, 1.54) is 0 Å². The number of hydrogen-bond donors (Lipinski definition) is 2. The molecule has 0 radical (unpaired) electrons. The van der Waals surface area contributed by atoms with Gasteiger partial charge >= 0.3 is 0 Å². The van der Waals surface area contributed by atoms with Gasteiger partial charge in [-0.25, -0.2) is 0 Å². The van der Waals surface area contributed by atoms with Gasteiger partial charge in [-0.1, -0.05) is 0 Å². The number of furan rings is 1. The summed E-state index contributed by atoms with van der Waals surface area (Å²) in [5.74, 6) is 1.72. The molecule has 2 rings (SSSR count). The number of methoxy groups -OCH3 is 1. The van der Waals surface area contributed by atoms with Gasteiger partial charge in [0, 0.05) is 36.5 Å². The van der Waals surface area contributed by atoms with Crippen LogP contribution in [0.5, 0.6) is 5.75 Å². The summed E-state index contributed by atoms with van der Waals surface area (Å²) in [6.07, 6.45) is 2.52. The van der Waals surface area contributed by atoms with Crippen molar-refractivity contribution in [2.24, 2.45) is 0 Å². The topological polar surface area (TPSA) is 60.4 Å². The Balaban J connectivity index is 1.92. The van der Waals surface area contributed by atoms with E-state index in [0.29, 0.717) is 5.69 Å². The van der Waals surface area contributed by atoms with E-state index in [1.807, 2.05) is 24.3 Å². The van der Waals surface area contributed by atoms with Crippen molar-refractivity contribution in [3.8, 4) is 5.75 Å². The van der Waals surface area contributed by atoms with Gasteiger partial charge < -0.3 is 20.2 Å². The standard InChI is InChI=1S/C13H16N2O2/c1-16-13-8-10(14)7-11(9-13)15-5-4-12-3-2-6-17-12/h2-3,6-9,15H,4-5,14H2,1H3. The zero-order chi connectivity index (χ0) is 12.1. The van der Waals surface area contributed by atoms with Crippen LogP contribution < -0.4 is 15.8 Å². The second-order valence-electron chi connectivity index (χ2n) is 3.75. The number of nitrogens with two attached hydrogens (primary N) is 1. The maximum Gasteiger partial charge on any atom is 0.122 e. The molecule has 4 heteroatoms. The monoisotopic (exact) mass is 232 g/mol. The molecule has 0 spiro atoms. The Labute approximate surface area is 100 Å². The van der Waals surface area contributed by atoms with E-state index in [2.05, 4.69) is 5.32 Å². The largest absolute Gasteiger partial charge is 0.497 e. The van der Waals surface area contributed by atoms with Gasteiger partial charge in [0.15, 0.2) is 0 Å². The van der Waals surface area contributed by atoms with Crippen LogP contribution in [0.2, 0.25) is 0 Å². The lowest BCUT2D eigenvalue weighted by Gasteiger charge is -2.08. The van der Waals surface area contributed by atoms with Gasteiger partial charge in [-0.05, 0) is 18.2 Å². The average molecular weight is 232 g/mol. The normalized spacial score (nSPS) is 10.2. The first-order chi connectivity index (χ1) is 8.28. The fourth-order valence-electron chi connectivity index (χ4n) is 1.63. The minimum Gasteiger partial charge on any atom is -0.497 e. The van der Waals surface area contributed by atoms with Crippen LogP contribution in [0.4, 0.5) is 11.4 Å². The molecule has 0 fully saturated rings. The smallest absolute Gasteiger partial charge is 0.122 e. The van der Waals surface area contributed by atoms with E-state index in [-0.39, 0.29) is 0 Å². The van der Waals surface area contributed by atoms with Crippen LogP contribution in [0, 0.1) is 0 Å². The molecule has 1 aromatic heterocycles. The molecule has 0 aliphatic heterocycles. The Morgan fingerprint density at radius 1 is 1.35 bits per heavy atom. The second-order valence-corrected chi connectivity index (χ2v) is 3.75. The molecule has 0 amide bonds. The number of benzene rings is 1. The van der Waals surface area contributed by atoms with Crippen molar-refractivity contribution in [3.05, 3.63) is 42.4 Å². The molecule has 2 aromatic rings. The third-order valence-corrected chi connectivity index (χ3v) is 2.45. The van der Waals surface area contributed by atoms with E-state index in [0.717, 1.165) is 30.2 Å². The van der Waals surface area contributed by atoms with Crippen LogP contribution in [-0.4, -0.2) is 13.7 Å². The van der Waals surface area contributed by atoms with Gasteiger partial charge in [0.2, 0.25) is 0 Å². The number of anilines is 2. The zero-order valence-corrected chi connectivity index (χ0v) is 9.77. The van der Waals surface area contributed by atoms with E-state index in [9.17, 15) is 0 Å². The lowest BCUT2D eigenvalue weighted by atomic mass is 10.2. The molecule has 4 nitrogen and oxygen atoms in total. The Kier molecular flexibility index (Phi) is 3.55. The zero-order valence-electron chi connectivity index (χ0n) is 9.77. The van der Waals surface area contributed by atoms with E-state index < -0.39 is 0 Å². The third-order valence-electron chi connectivity index (χ3n) is 2.45.